The van der Waals surface area contributed by atoms with Gasteiger partial charge in [0.25, 0.3) is 0 Å². The zero-order valence-electron chi connectivity index (χ0n) is 14.3. The first-order valence-electron chi connectivity index (χ1n) is 8.85. The molecule has 0 aromatic heterocycles. The minimum absolute atomic E-state index is 0. The molecule has 0 aliphatic carbocycles. The molecular formula is C18H25ClN4O2. The van der Waals surface area contributed by atoms with Crippen molar-refractivity contribution < 1.29 is 9.59 Å². The molecule has 3 amide bonds. The van der Waals surface area contributed by atoms with E-state index in [-0.39, 0.29) is 24.3 Å². The van der Waals surface area contributed by atoms with Gasteiger partial charge >= 0.3 is 6.03 Å². The molecule has 25 heavy (non-hydrogen) atoms. The molecule has 0 unspecified atom stereocenters. The van der Waals surface area contributed by atoms with Crippen LogP contribution < -0.4 is 15.5 Å². The molecule has 2 saturated heterocycles. The molecule has 3 heterocycles. The lowest BCUT2D eigenvalue weighted by molar-refractivity contribution is -0.120. The van der Waals surface area contributed by atoms with Gasteiger partial charge in [-0.1, -0.05) is 6.07 Å². The lowest BCUT2D eigenvalue weighted by atomic mass is 9.98. The summed E-state index contributed by atoms with van der Waals surface area (Å²) in [5, 5.41) is 5.81. The SMILES string of the molecule is Cl.O=C1CCN(c2ccc3c(c2)CN(CC2CCNCC2)C3)C(=O)N1. The van der Waals surface area contributed by atoms with Gasteiger partial charge in [-0.15, -0.1) is 12.4 Å². The van der Waals surface area contributed by atoms with E-state index in [4.69, 9.17) is 0 Å². The van der Waals surface area contributed by atoms with Gasteiger partial charge in [-0.2, -0.15) is 0 Å². The number of amides is 3. The fourth-order valence-electron chi connectivity index (χ4n) is 3.99. The Bertz CT molecular complexity index is 660. The number of rotatable bonds is 3. The maximum Gasteiger partial charge on any atom is 0.328 e. The summed E-state index contributed by atoms with van der Waals surface area (Å²) < 4.78 is 0. The van der Waals surface area contributed by atoms with Gasteiger partial charge in [-0.3, -0.25) is 19.9 Å². The largest absolute Gasteiger partial charge is 0.328 e. The fourth-order valence-corrected chi connectivity index (χ4v) is 3.99. The lowest BCUT2D eigenvalue weighted by Crippen LogP contribution is -2.49. The Hall–Kier alpha value is -1.63. The molecule has 4 rings (SSSR count). The third-order valence-corrected chi connectivity index (χ3v) is 5.32. The number of halogens is 1. The summed E-state index contributed by atoms with van der Waals surface area (Å²) in [5.74, 6) is 0.601. The molecule has 0 bridgehead atoms. The molecule has 2 fully saturated rings. The number of nitrogens with zero attached hydrogens (tertiary/aromatic N) is 2. The molecule has 1 aromatic rings. The Morgan fingerprint density at radius 1 is 1.08 bits per heavy atom. The van der Waals surface area contributed by atoms with Crippen LogP contribution in [-0.4, -0.2) is 43.0 Å². The van der Waals surface area contributed by atoms with Crippen molar-refractivity contribution in [1.29, 1.82) is 0 Å². The number of fused-ring (bicyclic) bond motifs is 1. The quantitative estimate of drug-likeness (QED) is 0.859. The Morgan fingerprint density at radius 3 is 2.60 bits per heavy atom. The highest BCUT2D eigenvalue weighted by molar-refractivity contribution is 6.05. The third kappa shape index (κ3) is 3.97. The average Bonchev–Trinajstić information content (AvgIpc) is 2.97. The molecule has 3 aliphatic heterocycles. The van der Waals surface area contributed by atoms with Gasteiger partial charge in [0, 0.05) is 38.3 Å². The zero-order chi connectivity index (χ0) is 16.5. The Balaban J connectivity index is 0.00000182. The van der Waals surface area contributed by atoms with Crippen LogP contribution >= 0.6 is 12.4 Å². The third-order valence-electron chi connectivity index (χ3n) is 5.32. The summed E-state index contributed by atoms with van der Waals surface area (Å²) >= 11 is 0. The topological polar surface area (TPSA) is 64.7 Å². The molecule has 2 N–H and O–H groups in total. The van der Waals surface area contributed by atoms with Crippen molar-refractivity contribution in [3.8, 4) is 0 Å². The normalized spacial score (nSPS) is 21.7. The van der Waals surface area contributed by atoms with E-state index in [9.17, 15) is 9.59 Å². The molecule has 136 valence electrons. The van der Waals surface area contributed by atoms with Crippen LogP contribution in [-0.2, 0) is 17.9 Å². The van der Waals surface area contributed by atoms with Gasteiger partial charge in [0.05, 0.1) is 0 Å². The number of hydrogen-bond acceptors (Lipinski definition) is 4. The Labute approximate surface area is 154 Å². The van der Waals surface area contributed by atoms with Crippen LogP contribution in [0.25, 0.3) is 0 Å². The molecule has 0 radical (unpaired) electrons. The van der Waals surface area contributed by atoms with E-state index in [0.717, 1.165) is 44.3 Å². The highest BCUT2D eigenvalue weighted by atomic mass is 35.5. The van der Waals surface area contributed by atoms with Crippen molar-refractivity contribution in [2.45, 2.75) is 32.4 Å². The lowest BCUT2D eigenvalue weighted by Gasteiger charge is -2.27. The highest BCUT2D eigenvalue weighted by Crippen LogP contribution is 2.29. The number of carbonyl (C=O) groups excluding carboxylic acids is 2. The maximum atomic E-state index is 12.0. The number of piperidine rings is 1. The Kier molecular flexibility index (Phi) is 5.61. The molecule has 7 heteroatoms. The summed E-state index contributed by atoms with van der Waals surface area (Å²) in [6.07, 6.45) is 2.89. The minimum atomic E-state index is -0.309. The van der Waals surface area contributed by atoms with E-state index in [1.807, 2.05) is 6.07 Å². The van der Waals surface area contributed by atoms with Crippen molar-refractivity contribution in [3.63, 3.8) is 0 Å². The first kappa shape index (κ1) is 18.2. The summed E-state index contributed by atoms with van der Waals surface area (Å²) in [6, 6.07) is 5.95. The van der Waals surface area contributed by atoms with Crippen LogP contribution in [0, 0.1) is 5.92 Å². The summed E-state index contributed by atoms with van der Waals surface area (Å²) in [4.78, 5) is 27.5. The van der Waals surface area contributed by atoms with Crippen LogP contribution in [0.3, 0.4) is 0 Å². The van der Waals surface area contributed by atoms with E-state index >= 15 is 0 Å². The molecule has 1 aromatic carbocycles. The molecule has 3 aliphatic rings. The first-order valence-corrected chi connectivity index (χ1v) is 8.85. The monoisotopic (exact) mass is 364 g/mol. The van der Waals surface area contributed by atoms with Crippen LogP contribution in [0.5, 0.6) is 0 Å². The first-order chi connectivity index (χ1) is 11.7. The maximum absolute atomic E-state index is 12.0. The summed E-state index contributed by atoms with van der Waals surface area (Å²) in [5.41, 5.74) is 3.56. The van der Waals surface area contributed by atoms with Crippen molar-refractivity contribution >= 4 is 30.0 Å². The number of hydrogen-bond donors (Lipinski definition) is 2. The smallest absolute Gasteiger partial charge is 0.317 e. The summed E-state index contributed by atoms with van der Waals surface area (Å²) in [6.45, 7) is 5.86. The molecule has 0 spiro atoms. The predicted molar refractivity (Wildman–Crippen MR) is 98.9 cm³/mol. The van der Waals surface area contributed by atoms with Crippen LogP contribution in [0.1, 0.15) is 30.4 Å². The van der Waals surface area contributed by atoms with Crippen molar-refractivity contribution in [1.82, 2.24) is 15.5 Å². The molecular weight excluding hydrogens is 340 g/mol. The number of anilines is 1. The fraction of sp³-hybridized carbons (Fsp3) is 0.556. The van der Waals surface area contributed by atoms with E-state index in [2.05, 4.69) is 27.7 Å². The number of urea groups is 1. The van der Waals surface area contributed by atoms with Gasteiger partial charge in [0.15, 0.2) is 0 Å². The van der Waals surface area contributed by atoms with Crippen LogP contribution in [0.2, 0.25) is 0 Å². The standard InChI is InChI=1S/C18H24N4O2.ClH/c23-17-5-8-22(18(24)20-17)16-2-1-14-11-21(12-15(14)9-16)10-13-3-6-19-7-4-13;/h1-2,9,13,19H,3-8,10-12H2,(H,20,23,24);1H. The second-order valence-electron chi connectivity index (χ2n) is 7.07. The minimum Gasteiger partial charge on any atom is -0.317 e. The van der Waals surface area contributed by atoms with Crippen LogP contribution in [0.15, 0.2) is 18.2 Å². The number of carbonyl (C=O) groups is 2. The number of nitrogens with one attached hydrogen (secondary N) is 2. The van der Waals surface area contributed by atoms with Crippen LogP contribution in [0.4, 0.5) is 10.5 Å². The van der Waals surface area contributed by atoms with E-state index in [1.165, 1.54) is 24.0 Å². The number of benzene rings is 1. The highest BCUT2D eigenvalue weighted by Gasteiger charge is 2.27. The zero-order valence-corrected chi connectivity index (χ0v) is 15.1. The average molecular weight is 365 g/mol. The Morgan fingerprint density at radius 2 is 1.84 bits per heavy atom. The molecule has 6 nitrogen and oxygen atoms in total. The van der Waals surface area contributed by atoms with Gasteiger partial charge in [-0.25, -0.2) is 4.79 Å². The molecule has 0 atom stereocenters. The van der Waals surface area contributed by atoms with E-state index < -0.39 is 0 Å². The van der Waals surface area contributed by atoms with E-state index in [0.29, 0.717) is 13.0 Å². The molecule has 0 saturated carbocycles. The van der Waals surface area contributed by atoms with Crippen molar-refractivity contribution in [3.05, 3.63) is 29.3 Å². The van der Waals surface area contributed by atoms with E-state index in [1.54, 1.807) is 4.90 Å². The van der Waals surface area contributed by atoms with Gasteiger partial charge < -0.3 is 5.32 Å². The van der Waals surface area contributed by atoms with Crippen molar-refractivity contribution in [2.75, 3.05) is 31.1 Å². The number of imide groups is 1. The van der Waals surface area contributed by atoms with Gasteiger partial charge in [0.1, 0.15) is 0 Å². The van der Waals surface area contributed by atoms with Gasteiger partial charge in [-0.05, 0) is 55.1 Å². The summed E-state index contributed by atoms with van der Waals surface area (Å²) in [7, 11) is 0. The van der Waals surface area contributed by atoms with Gasteiger partial charge in [0.2, 0.25) is 5.91 Å². The second kappa shape index (κ2) is 7.72. The predicted octanol–water partition coefficient (Wildman–Crippen LogP) is 1.87. The second-order valence-corrected chi connectivity index (χ2v) is 7.07. The van der Waals surface area contributed by atoms with Crippen molar-refractivity contribution in [2.24, 2.45) is 5.92 Å².